The first kappa shape index (κ1) is 15.7. The number of aryl methyl sites for hydroxylation is 2. The van der Waals surface area contributed by atoms with Gasteiger partial charge in [-0.05, 0) is 32.2 Å². The lowest BCUT2D eigenvalue weighted by molar-refractivity contribution is -0.903. The van der Waals surface area contributed by atoms with Crippen LogP contribution in [0.3, 0.4) is 0 Å². The fourth-order valence-electron chi connectivity index (χ4n) is 2.34. The highest BCUT2D eigenvalue weighted by Gasteiger charge is 2.17. The van der Waals surface area contributed by atoms with Gasteiger partial charge in [-0.1, -0.05) is 6.07 Å². The Bertz CT molecular complexity index is 603. The van der Waals surface area contributed by atoms with Crippen LogP contribution < -0.4 is 10.2 Å². The lowest BCUT2D eigenvalue weighted by Gasteiger charge is -2.16. The molecule has 2 rings (SSSR count). The number of quaternary nitrogens is 1. The fraction of sp³-hybridized carbons (Fsp3) is 0.467. The molecule has 21 heavy (non-hydrogen) atoms. The minimum Gasteiger partial charge on any atom is -0.323 e. The average molecular weight is 307 g/mol. The number of nitrogens with zero attached hydrogens (tertiary/aromatic N) is 2. The second kappa shape index (κ2) is 6.87. The summed E-state index contributed by atoms with van der Waals surface area (Å²) in [5.74, 6) is 0.0441. The van der Waals surface area contributed by atoms with Gasteiger partial charge in [0.05, 0.1) is 28.5 Å². The van der Waals surface area contributed by atoms with Gasteiger partial charge in [-0.2, -0.15) is 5.10 Å². The summed E-state index contributed by atoms with van der Waals surface area (Å²) in [6.45, 7) is 8.28. The molecule has 0 saturated carbocycles. The van der Waals surface area contributed by atoms with E-state index in [0.29, 0.717) is 6.54 Å². The number of hydrogen-bond acceptors (Lipinski definition) is 3. The first-order valence-corrected chi connectivity index (χ1v) is 8.05. The number of likely N-dealkylation sites (N-methyl/N-ethyl adjacent to an activating group) is 1. The summed E-state index contributed by atoms with van der Waals surface area (Å²) in [5.41, 5.74) is 2.69. The van der Waals surface area contributed by atoms with Gasteiger partial charge < -0.3 is 10.2 Å². The Kier molecular flexibility index (Phi) is 5.14. The lowest BCUT2D eigenvalue weighted by Crippen LogP contribution is -3.11. The van der Waals surface area contributed by atoms with Gasteiger partial charge in [-0.25, -0.2) is 0 Å². The van der Waals surface area contributed by atoms with Gasteiger partial charge in [-0.15, -0.1) is 11.3 Å². The van der Waals surface area contributed by atoms with E-state index < -0.39 is 0 Å². The second-order valence-corrected chi connectivity index (χ2v) is 6.29. The van der Waals surface area contributed by atoms with E-state index in [1.165, 1.54) is 9.78 Å². The Hall–Kier alpha value is -1.66. The molecule has 1 atom stereocenters. The van der Waals surface area contributed by atoms with E-state index in [9.17, 15) is 4.79 Å². The molecule has 114 valence electrons. The topological polar surface area (TPSA) is 51.4 Å². The van der Waals surface area contributed by atoms with E-state index in [1.807, 2.05) is 20.9 Å². The quantitative estimate of drug-likeness (QED) is 0.841. The van der Waals surface area contributed by atoms with Crippen LogP contribution >= 0.6 is 11.3 Å². The third-order valence-corrected chi connectivity index (χ3v) is 4.56. The maximum Gasteiger partial charge on any atom is 0.279 e. The standard InChI is InChI=1S/C15H22N4OS/c1-5-19(9-13-7-6-8-21-13)10-14(20)16-15-11(2)17-18(4)12(15)3/h6-8H,5,9-10H2,1-4H3,(H,16,20)/p+1. The van der Waals surface area contributed by atoms with E-state index in [1.54, 1.807) is 16.0 Å². The van der Waals surface area contributed by atoms with Crippen LogP contribution in [0.4, 0.5) is 5.69 Å². The van der Waals surface area contributed by atoms with Crippen LogP contribution in [0.15, 0.2) is 17.5 Å². The van der Waals surface area contributed by atoms with E-state index in [0.717, 1.165) is 30.2 Å². The Balaban J connectivity index is 1.96. The molecule has 2 heterocycles. The van der Waals surface area contributed by atoms with Gasteiger partial charge >= 0.3 is 0 Å². The molecule has 0 aliphatic carbocycles. The molecule has 5 nitrogen and oxygen atoms in total. The van der Waals surface area contributed by atoms with Crippen molar-refractivity contribution < 1.29 is 9.69 Å². The van der Waals surface area contributed by atoms with Crippen molar-refractivity contribution in [3.05, 3.63) is 33.8 Å². The van der Waals surface area contributed by atoms with Gasteiger partial charge in [0.25, 0.3) is 5.91 Å². The van der Waals surface area contributed by atoms with Gasteiger partial charge in [0.1, 0.15) is 6.54 Å². The van der Waals surface area contributed by atoms with Crippen LogP contribution in [-0.2, 0) is 18.4 Å². The molecular formula is C15H23N4OS+. The number of amides is 1. The van der Waals surface area contributed by atoms with Crippen LogP contribution in [0.5, 0.6) is 0 Å². The van der Waals surface area contributed by atoms with Gasteiger partial charge in [0, 0.05) is 7.05 Å². The largest absolute Gasteiger partial charge is 0.323 e. The smallest absolute Gasteiger partial charge is 0.279 e. The van der Waals surface area contributed by atoms with Crippen LogP contribution in [0, 0.1) is 13.8 Å². The number of aromatic nitrogens is 2. The van der Waals surface area contributed by atoms with E-state index in [2.05, 4.69) is 34.9 Å². The fourth-order valence-corrected chi connectivity index (χ4v) is 3.11. The monoisotopic (exact) mass is 307 g/mol. The summed E-state index contributed by atoms with van der Waals surface area (Å²) in [5, 5.41) is 9.40. The van der Waals surface area contributed by atoms with Crippen molar-refractivity contribution in [1.29, 1.82) is 0 Å². The zero-order valence-electron chi connectivity index (χ0n) is 13.1. The van der Waals surface area contributed by atoms with Gasteiger partial charge in [0.2, 0.25) is 0 Å². The van der Waals surface area contributed by atoms with Crippen molar-refractivity contribution in [3.8, 4) is 0 Å². The summed E-state index contributed by atoms with van der Waals surface area (Å²) in [7, 11) is 1.89. The number of anilines is 1. The maximum atomic E-state index is 12.3. The third kappa shape index (κ3) is 3.92. The minimum atomic E-state index is 0.0441. The number of hydrogen-bond donors (Lipinski definition) is 2. The van der Waals surface area contributed by atoms with Gasteiger partial charge in [0.15, 0.2) is 6.54 Å². The molecule has 0 spiro atoms. The van der Waals surface area contributed by atoms with Crippen LogP contribution in [-0.4, -0.2) is 28.8 Å². The predicted octanol–water partition coefficient (Wildman–Crippen LogP) is 1.14. The Morgan fingerprint density at radius 3 is 2.76 bits per heavy atom. The molecule has 0 aliphatic rings. The van der Waals surface area contributed by atoms with Crippen LogP contribution in [0.25, 0.3) is 0 Å². The number of carbonyl (C=O) groups is 1. The Labute approximate surface area is 129 Å². The van der Waals surface area contributed by atoms with Crippen molar-refractivity contribution in [2.24, 2.45) is 7.05 Å². The Morgan fingerprint density at radius 1 is 1.48 bits per heavy atom. The molecular weight excluding hydrogens is 284 g/mol. The zero-order valence-corrected chi connectivity index (χ0v) is 13.9. The summed E-state index contributed by atoms with van der Waals surface area (Å²) < 4.78 is 1.79. The van der Waals surface area contributed by atoms with Crippen molar-refractivity contribution in [1.82, 2.24) is 9.78 Å². The molecule has 2 aromatic rings. The highest BCUT2D eigenvalue weighted by molar-refractivity contribution is 7.09. The number of nitrogens with one attached hydrogen (secondary N) is 2. The normalized spacial score (nSPS) is 12.4. The molecule has 1 amide bonds. The third-order valence-electron chi connectivity index (χ3n) is 3.69. The van der Waals surface area contributed by atoms with Crippen molar-refractivity contribution in [3.63, 3.8) is 0 Å². The van der Waals surface area contributed by atoms with E-state index >= 15 is 0 Å². The molecule has 0 saturated heterocycles. The summed E-state index contributed by atoms with van der Waals surface area (Å²) >= 11 is 1.74. The highest BCUT2D eigenvalue weighted by atomic mass is 32.1. The molecule has 0 bridgehead atoms. The summed E-state index contributed by atoms with van der Waals surface area (Å²) in [4.78, 5) is 14.8. The first-order valence-electron chi connectivity index (χ1n) is 7.17. The number of thiophene rings is 1. The number of rotatable bonds is 6. The van der Waals surface area contributed by atoms with Crippen LogP contribution in [0.1, 0.15) is 23.2 Å². The molecule has 0 aromatic carbocycles. The minimum absolute atomic E-state index is 0.0441. The summed E-state index contributed by atoms with van der Waals surface area (Å²) in [6.07, 6.45) is 0. The molecule has 0 radical (unpaired) electrons. The van der Waals surface area contributed by atoms with Crippen molar-refractivity contribution >= 4 is 22.9 Å². The van der Waals surface area contributed by atoms with Gasteiger partial charge in [-0.3, -0.25) is 9.48 Å². The predicted molar refractivity (Wildman–Crippen MR) is 85.7 cm³/mol. The SMILES string of the molecule is CC[NH+](CC(=O)Nc1c(C)nn(C)c1C)Cc1cccs1. The van der Waals surface area contributed by atoms with Crippen molar-refractivity contribution in [2.45, 2.75) is 27.3 Å². The van der Waals surface area contributed by atoms with E-state index in [4.69, 9.17) is 0 Å². The molecule has 2 aromatic heterocycles. The molecule has 6 heteroatoms. The molecule has 2 N–H and O–H groups in total. The average Bonchev–Trinajstić information content (AvgIpc) is 3.02. The zero-order chi connectivity index (χ0) is 15.4. The highest BCUT2D eigenvalue weighted by Crippen LogP contribution is 2.17. The summed E-state index contributed by atoms with van der Waals surface area (Å²) in [6, 6.07) is 4.17. The molecule has 0 fully saturated rings. The lowest BCUT2D eigenvalue weighted by atomic mass is 10.3. The van der Waals surface area contributed by atoms with E-state index in [-0.39, 0.29) is 5.91 Å². The van der Waals surface area contributed by atoms with Crippen LogP contribution in [0.2, 0.25) is 0 Å². The maximum absolute atomic E-state index is 12.3. The first-order chi connectivity index (χ1) is 10.0. The second-order valence-electron chi connectivity index (χ2n) is 5.25. The van der Waals surface area contributed by atoms with Crippen molar-refractivity contribution in [2.75, 3.05) is 18.4 Å². The number of carbonyl (C=O) groups excluding carboxylic acids is 1. The molecule has 0 aliphatic heterocycles. The Morgan fingerprint density at radius 2 is 2.24 bits per heavy atom. The molecule has 1 unspecified atom stereocenters.